The highest BCUT2D eigenvalue weighted by molar-refractivity contribution is 7.08. The maximum atomic E-state index is 9.21. The van der Waals surface area contributed by atoms with Crippen molar-refractivity contribution < 1.29 is 9.84 Å². The van der Waals surface area contributed by atoms with E-state index >= 15 is 0 Å². The molecular formula is C14H18ClNO2S. The molecule has 0 unspecified atom stereocenters. The van der Waals surface area contributed by atoms with E-state index in [9.17, 15) is 5.11 Å². The summed E-state index contributed by atoms with van der Waals surface area (Å²) in [7, 11) is 0. The van der Waals surface area contributed by atoms with Crippen LogP contribution < -0.4 is 10.1 Å². The largest absolute Gasteiger partial charge is 0.454 e. The van der Waals surface area contributed by atoms with Gasteiger partial charge in [-0.2, -0.15) is 0 Å². The van der Waals surface area contributed by atoms with Gasteiger partial charge in [0.25, 0.3) is 0 Å². The summed E-state index contributed by atoms with van der Waals surface area (Å²) in [5.41, 5.74) is 2.99. The first-order chi connectivity index (χ1) is 8.74. The van der Waals surface area contributed by atoms with E-state index in [2.05, 4.69) is 18.3 Å². The molecule has 19 heavy (non-hydrogen) atoms. The average Bonchev–Trinajstić information content (AvgIpc) is 2.80. The number of hydrogen-bond donors (Lipinski definition) is 2. The summed E-state index contributed by atoms with van der Waals surface area (Å²) in [4.78, 5) is 0. The monoisotopic (exact) mass is 299 g/mol. The quantitative estimate of drug-likeness (QED) is 0.869. The summed E-state index contributed by atoms with van der Waals surface area (Å²) >= 11 is 1.53. The summed E-state index contributed by atoms with van der Waals surface area (Å²) in [6, 6.07) is 6.02. The van der Waals surface area contributed by atoms with Crippen molar-refractivity contribution in [1.82, 2.24) is 0 Å². The van der Waals surface area contributed by atoms with Gasteiger partial charge in [-0.25, -0.2) is 0 Å². The molecule has 0 aliphatic heterocycles. The highest BCUT2D eigenvalue weighted by Gasteiger charge is 2.09. The van der Waals surface area contributed by atoms with E-state index in [0.717, 1.165) is 29.3 Å². The molecule has 0 fully saturated rings. The SMILES string of the molecule is CCNc1cc(C)ccc1Oc1cscc1CO.Cl. The lowest BCUT2D eigenvalue weighted by atomic mass is 10.2. The van der Waals surface area contributed by atoms with Gasteiger partial charge in [0.1, 0.15) is 5.75 Å². The van der Waals surface area contributed by atoms with Crippen molar-refractivity contribution in [3.63, 3.8) is 0 Å². The molecule has 2 rings (SSSR count). The number of halogens is 1. The fraction of sp³-hybridized carbons (Fsp3) is 0.286. The lowest BCUT2D eigenvalue weighted by molar-refractivity contribution is 0.277. The van der Waals surface area contributed by atoms with Crippen LogP contribution in [0.15, 0.2) is 29.0 Å². The first kappa shape index (κ1) is 15.8. The smallest absolute Gasteiger partial charge is 0.150 e. The predicted octanol–water partition coefficient (Wildman–Crippen LogP) is 4.19. The fourth-order valence-electron chi connectivity index (χ4n) is 1.70. The molecular weight excluding hydrogens is 282 g/mol. The van der Waals surface area contributed by atoms with Gasteiger partial charge in [0.2, 0.25) is 0 Å². The Hall–Kier alpha value is -1.23. The first-order valence-corrected chi connectivity index (χ1v) is 6.87. The van der Waals surface area contributed by atoms with E-state index in [-0.39, 0.29) is 19.0 Å². The van der Waals surface area contributed by atoms with Crippen molar-refractivity contribution in [2.75, 3.05) is 11.9 Å². The molecule has 0 aliphatic rings. The minimum atomic E-state index is 0. The molecule has 104 valence electrons. The van der Waals surface area contributed by atoms with Crippen molar-refractivity contribution >= 4 is 29.4 Å². The Morgan fingerprint density at radius 3 is 2.74 bits per heavy atom. The molecule has 0 saturated heterocycles. The second-order valence-electron chi connectivity index (χ2n) is 4.05. The van der Waals surface area contributed by atoms with Crippen LogP contribution in [0, 0.1) is 6.92 Å². The molecule has 0 bridgehead atoms. The molecule has 1 aromatic carbocycles. The summed E-state index contributed by atoms with van der Waals surface area (Å²) in [5, 5.41) is 16.3. The van der Waals surface area contributed by atoms with Crippen LogP contribution in [0.5, 0.6) is 11.5 Å². The molecule has 0 saturated carbocycles. The second kappa shape index (κ2) is 7.38. The lowest BCUT2D eigenvalue weighted by Gasteiger charge is -2.13. The normalized spacial score (nSPS) is 9.84. The second-order valence-corrected chi connectivity index (χ2v) is 4.79. The Balaban J connectivity index is 0.00000180. The summed E-state index contributed by atoms with van der Waals surface area (Å²) in [5.74, 6) is 1.51. The molecule has 0 amide bonds. The van der Waals surface area contributed by atoms with E-state index in [1.54, 1.807) is 0 Å². The van der Waals surface area contributed by atoms with Crippen molar-refractivity contribution in [2.45, 2.75) is 20.5 Å². The van der Waals surface area contributed by atoms with Gasteiger partial charge in [-0.05, 0) is 31.5 Å². The molecule has 0 aliphatic carbocycles. The van der Waals surface area contributed by atoms with E-state index in [4.69, 9.17) is 4.74 Å². The number of aryl methyl sites for hydroxylation is 1. The number of nitrogens with one attached hydrogen (secondary N) is 1. The van der Waals surface area contributed by atoms with E-state index in [0.29, 0.717) is 0 Å². The number of aliphatic hydroxyl groups is 1. The van der Waals surface area contributed by atoms with E-state index in [1.807, 2.05) is 29.8 Å². The topological polar surface area (TPSA) is 41.5 Å². The molecule has 1 heterocycles. The van der Waals surface area contributed by atoms with E-state index < -0.39 is 0 Å². The number of thiophene rings is 1. The molecule has 0 atom stereocenters. The zero-order valence-electron chi connectivity index (χ0n) is 11.0. The molecule has 0 radical (unpaired) electrons. The van der Waals surface area contributed by atoms with Gasteiger partial charge < -0.3 is 15.2 Å². The van der Waals surface area contributed by atoms with Crippen molar-refractivity contribution in [3.05, 3.63) is 40.1 Å². The zero-order chi connectivity index (χ0) is 13.0. The summed E-state index contributed by atoms with van der Waals surface area (Å²) in [6.07, 6.45) is 0. The van der Waals surface area contributed by atoms with Crippen LogP contribution in [0.3, 0.4) is 0 Å². The minimum Gasteiger partial charge on any atom is -0.454 e. The number of aliphatic hydroxyl groups excluding tert-OH is 1. The van der Waals surface area contributed by atoms with Crippen LogP contribution in [0.25, 0.3) is 0 Å². The average molecular weight is 300 g/mol. The molecule has 2 aromatic rings. The van der Waals surface area contributed by atoms with Gasteiger partial charge in [0.05, 0.1) is 12.3 Å². The Bertz CT molecular complexity index is 528. The van der Waals surface area contributed by atoms with Crippen LogP contribution in [0.1, 0.15) is 18.1 Å². The first-order valence-electron chi connectivity index (χ1n) is 5.93. The third kappa shape index (κ3) is 3.86. The highest BCUT2D eigenvalue weighted by Crippen LogP contribution is 2.34. The van der Waals surface area contributed by atoms with Crippen molar-refractivity contribution in [3.8, 4) is 11.5 Å². The molecule has 5 heteroatoms. The van der Waals surface area contributed by atoms with Crippen molar-refractivity contribution in [2.24, 2.45) is 0 Å². The van der Waals surface area contributed by atoms with Crippen LogP contribution in [-0.4, -0.2) is 11.7 Å². The van der Waals surface area contributed by atoms with Gasteiger partial charge in [0, 0.05) is 22.9 Å². The third-order valence-electron chi connectivity index (χ3n) is 2.59. The number of benzene rings is 1. The van der Waals surface area contributed by atoms with Crippen LogP contribution in [-0.2, 0) is 6.61 Å². The molecule has 1 aromatic heterocycles. The third-order valence-corrected chi connectivity index (χ3v) is 3.37. The van der Waals surface area contributed by atoms with Gasteiger partial charge in [-0.1, -0.05) is 6.07 Å². The molecule has 2 N–H and O–H groups in total. The minimum absolute atomic E-state index is 0. The number of anilines is 1. The summed E-state index contributed by atoms with van der Waals surface area (Å²) < 4.78 is 5.87. The predicted molar refractivity (Wildman–Crippen MR) is 82.9 cm³/mol. The number of ether oxygens (including phenoxy) is 1. The van der Waals surface area contributed by atoms with Gasteiger partial charge >= 0.3 is 0 Å². The Kier molecular flexibility index (Phi) is 6.15. The Labute approximate surface area is 123 Å². The highest BCUT2D eigenvalue weighted by atomic mass is 35.5. The van der Waals surface area contributed by atoms with Gasteiger partial charge in [-0.3, -0.25) is 0 Å². The Morgan fingerprint density at radius 2 is 2.05 bits per heavy atom. The van der Waals surface area contributed by atoms with Gasteiger partial charge in [0.15, 0.2) is 5.75 Å². The summed E-state index contributed by atoms with van der Waals surface area (Å²) in [6.45, 7) is 4.95. The number of rotatable bonds is 5. The molecule has 3 nitrogen and oxygen atoms in total. The zero-order valence-corrected chi connectivity index (χ0v) is 12.6. The standard InChI is InChI=1S/C14H17NO2S.ClH/c1-3-15-12-6-10(2)4-5-13(12)17-14-9-18-8-11(14)7-16;/h4-6,8-9,15-16H,3,7H2,1-2H3;1H. The fourth-order valence-corrected chi connectivity index (χ4v) is 2.44. The van der Waals surface area contributed by atoms with Gasteiger partial charge in [-0.15, -0.1) is 23.7 Å². The number of hydrogen-bond acceptors (Lipinski definition) is 4. The van der Waals surface area contributed by atoms with Crippen LogP contribution in [0.4, 0.5) is 5.69 Å². The molecule has 0 spiro atoms. The maximum Gasteiger partial charge on any atom is 0.150 e. The van der Waals surface area contributed by atoms with E-state index in [1.165, 1.54) is 16.9 Å². The van der Waals surface area contributed by atoms with Crippen LogP contribution in [0.2, 0.25) is 0 Å². The maximum absolute atomic E-state index is 9.21. The van der Waals surface area contributed by atoms with Crippen LogP contribution >= 0.6 is 23.7 Å². The van der Waals surface area contributed by atoms with Crippen molar-refractivity contribution in [1.29, 1.82) is 0 Å². The Morgan fingerprint density at radius 1 is 1.26 bits per heavy atom. The lowest BCUT2D eigenvalue weighted by Crippen LogP contribution is -1.99.